The van der Waals surface area contributed by atoms with Crippen LogP contribution in [-0.4, -0.2) is 51.0 Å². The number of guanidine groups is 1. The van der Waals surface area contributed by atoms with E-state index in [2.05, 4.69) is 0 Å². The molecular weight excluding hydrogens is 182 g/mol. The maximum atomic E-state index is 11.9. The molecule has 1 heterocycles. The van der Waals surface area contributed by atoms with Crippen LogP contribution in [0.15, 0.2) is 0 Å². The Balaban J connectivity index is 3.27. The molecule has 0 aromatic rings. The van der Waals surface area contributed by atoms with Gasteiger partial charge in [-0.1, -0.05) is 0 Å². The summed E-state index contributed by atoms with van der Waals surface area (Å²) in [6.07, 6.45) is 0. The minimum atomic E-state index is -0.651. The summed E-state index contributed by atoms with van der Waals surface area (Å²) in [5.41, 5.74) is -1.25. The first kappa shape index (κ1) is 11.1. The summed E-state index contributed by atoms with van der Waals surface area (Å²) in [7, 11) is 3.47. The predicted octanol–water partition coefficient (Wildman–Crippen LogP) is 0.676. The Bertz CT molecular complexity index is 282. The minimum Gasteiger partial charge on any atom is -0.744 e. The molecule has 1 rings (SSSR count). The van der Waals surface area contributed by atoms with Gasteiger partial charge >= 0.3 is 5.96 Å². The summed E-state index contributed by atoms with van der Waals surface area (Å²) in [5, 5.41) is 22.9. The van der Waals surface area contributed by atoms with Gasteiger partial charge in [0.05, 0.1) is 14.1 Å². The van der Waals surface area contributed by atoms with Gasteiger partial charge in [0.1, 0.15) is 11.1 Å². The molecule has 0 bridgehead atoms. The summed E-state index contributed by atoms with van der Waals surface area (Å²) in [6, 6.07) is 0. The van der Waals surface area contributed by atoms with Crippen LogP contribution >= 0.6 is 0 Å². The van der Waals surface area contributed by atoms with E-state index in [-0.39, 0.29) is 5.96 Å². The minimum absolute atomic E-state index is 0.278. The first-order valence-electron chi connectivity index (χ1n) is 4.65. The molecule has 0 aromatic heterocycles. The second-order valence-corrected chi connectivity index (χ2v) is 4.92. The molecule has 0 aromatic carbocycles. The van der Waals surface area contributed by atoms with Crippen molar-refractivity contribution in [1.29, 1.82) is 0 Å². The fourth-order valence-corrected chi connectivity index (χ4v) is 1.46. The van der Waals surface area contributed by atoms with Gasteiger partial charge in [0.2, 0.25) is 0 Å². The van der Waals surface area contributed by atoms with Crippen LogP contribution in [0.5, 0.6) is 0 Å². The zero-order valence-corrected chi connectivity index (χ0v) is 9.70. The van der Waals surface area contributed by atoms with E-state index < -0.39 is 11.1 Å². The standard InChI is InChI=1S/C9H19N3O2/c1-8(2)9(3,4)12(14)7(10(5)6)11(8)13/h13H,1-6H3. The van der Waals surface area contributed by atoms with Crippen LogP contribution in [0.4, 0.5) is 0 Å². The van der Waals surface area contributed by atoms with E-state index in [0.29, 0.717) is 0 Å². The van der Waals surface area contributed by atoms with E-state index >= 15 is 0 Å². The average molecular weight is 201 g/mol. The molecule has 0 fully saturated rings. The normalized spacial score (nSPS) is 24.4. The molecular formula is C9H19N3O2. The molecule has 5 heteroatoms. The Kier molecular flexibility index (Phi) is 2.19. The van der Waals surface area contributed by atoms with Crippen LogP contribution in [0.2, 0.25) is 0 Å². The third-order valence-corrected chi connectivity index (χ3v) is 3.31. The smallest absolute Gasteiger partial charge is 0.379 e. The Morgan fingerprint density at radius 3 is 1.86 bits per heavy atom. The van der Waals surface area contributed by atoms with Gasteiger partial charge in [-0.2, -0.15) is 0 Å². The Hall–Kier alpha value is -0.970. The zero-order valence-electron chi connectivity index (χ0n) is 9.70. The summed E-state index contributed by atoms with van der Waals surface area (Å²) < 4.78 is 0.854. The molecule has 82 valence electrons. The molecule has 0 amide bonds. The molecule has 1 aliphatic heterocycles. The molecule has 1 N–H and O–H groups in total. The summed E-state index contributed by atoms with van der Waals surface area (Å²) in [5.74, 6) is 0.278. The van der Waals surface area contributed by atoms with Crippen molar-refractivity contribution >= 4 is 5.96 Å². The highest BCUT2D eigenvalue weighted by Crippen LogP contribution is 2.35. The highest BCUT2D eigenvalue weighted by atomic mass is 16.5. The van der Waals surface area contributed by atoms with Gasteiger partial charge in [0.25, 0.3) is 0 Å². The molecule has 0 spiro atoms. The monoisotopic (exact) mass is 201 g/mol. The number of hydroxylamine groups is 3. The topological polar surface area (TPSA) is 52.8 Å². The lowest BCUT2D eigenvalue weighted by Crippen LogP contribution is -2.54. The van der Waals surface area contributed by atoms with Crippen LogP contribution in [0, 0.1) is 5.21 Å². The fourth-order valence-electron chi connectivity index (χ4n) is 1.46. The van der Waals surface area contributed by atoms with Crippen molar-refractivity contribution in [1.82, 2.24) is 9.96 Å². The van der Waals surface area contributed by atoms with Gasteiger partial charge < -0.3 is 5.21 Å². The lowest BCUT2D eigenvalue weighted by Gasteiger charge is -2.35. The lowest BCUT2D eigenvalue weighted by molar-refractivity contribution is -0.543. The number of hydrogen-bond donors (Lipinski definition) is 1. The molecule has 0 saturated carbocycles. The SMILES string of the molecule is CN(C)C1=[N+]([O-])C(C)(C)C(C)(C)N1O. The van der Waals surface area contributed by atoms with E-state index in [4.69, 9.17) is 0 Å². The molecule has 0 atom stereocenters. The molecule has 5 nitrogen and oxygen atoms in total. The van der Waals surface area contributed by atoms with E-state index in [0.717, 1.165) is 9.80 Å². The molecule has 0 aliphatic carbocycles. The van der Waals surface area contributed by atoms with Crippen LogP contribution in [-0.2, 0) is 0 Å². The summed E-state index contributed by atoms with van der Waals surface area (Å²) in [4.78, 5) is 1.61. The van der Waals surface area contributed by atoms with Crippen molar-refractivity contribution < 1.29 is 9.95 Å². The average Bonchev–Trinajstić information content (AvgIpc) is 2.12. The Morgan fingerprint density at radius 1 is 1.29 bits per heavy atom. The molecule has 0 unspecified atom stereocenters. The second-order valence-electron chi connectivity index (χ2n) is 4.92. The van der Waals surface area contributed by atoms with Crippen LogP contribution in [0.3, 0.4) is 0 Å². The van der Waals surface area contributed by atoms with Gasteiger partial charge in [-0.05, 0) is 27.7 Å². The molecule has 1 aliphatic rings. The third kappa shape index (κ3) is 1.08. The van der Waals surface area contributed by atoms with Crippen molar-refractivity contribution in [2.75, 3.05) is 14.1 Å². The lowest BCUT2D eigenvalue weighted by atomic mass is 9.84. The quantitative estimate of drug-likeness (QED) is 0.462. The van der Waals surface area contributed by atoms with Crippen LogP contribution in [0.1, 0.15) is 27.7 Å². The maximum Gasteiger partial charge on any atom is 0.379 e. The van der Waals surface area contributed by atoms with Gasteiger partial charge in [-0.3, -0.25) is 9.64 Å². The summed E-state index contributed by atoms with van der Waals surface area (Å²) in [6.45, 7) is 7.32. The molecule has 0 saturated heterocycles. The predicted molar refractivity (Wildman–Crippen MR) is 54.1 cm³/mol. The van der Waals surface area contributed by atoms with Crippen molar-refractivity contribution in [3.05, 3.63) is 5.21 Å². The first-order valence-corrected chi connectivity index (χ1v) is 4.65. The molecule has 0 radical (unpaired) electrons. The van der Waals surface area contributed by atoms with Crippen molar-refractivity contribution in [3.8, 4) is 0 Å². The van der Waals surface area contributed by atoms with Crippen LogP contribution in [0.25, 0.3) is 0 Å². The fraction of sp³-hybridized carbons (Fsp3) is 0.889. The Labute approximate surface area is 84.8 Å². The van der Waals surface area contributed by atoms with Gasteiger partial charge in [-0.15, -0.1) is 5.06 Å². The summed E-state index contributed by atoms with van der Waals surface area (Å²) >= 11 is 0. The highest BCUT2D eigenvalue weighted by molar-refractivity contribution is 5.76. The van der Waals surface area contributed by atoms with Gasteiger partial charge in [0.15, 0.2) is 0 Å². The van der Waals surface area contributed by atoms with Crippen LogP contribution < -0.4 is 0 Å². The third-order valence-electron chi connectivity index (χ3n) is 3.31. The maximum absolute atomic E-state index is 11.9. The number of hydrogen-bond acceptors (Lipinski definition) is 4. The van der Waals surface area contributed by atoms with Crippen molar-refractivity contribution in [2.24, 2.45) is 0 Å². The number of rotatable bonds is 0. The second kappa shape index (κ2) is 2.76. The van der Waals surface area contributed by atoms with E-state index in [1.54, 1.807) is 19.0 Å². The first-order chi connectivity index (χ1) is 6.14. The number of nitrogens with zero attached hydrogens (tertiary/aromatic N) is 3. The molecule has 14 heavy (non-hydrogen) atoms. The zero-order chi connectivity index (χ0) is 11.3. The van der Waals surface area contributed by atoms with Gasteiger partial charge in [0, 0.05) is 0 Å². The van der Waals surface area contributed by atoms with E-state index in [1.165, 1.54) is 0 Å². The highest BCUT2D eigenvalue weighted by Gasteiger charge is 2.57. The largest absolute Gasteiger partial charge is 0.744 e. The van der Waals surface area contributed by atoms with Gasteiger partial charge in [-0.25, -0.2) is 5.21 Å². The van der Waals surface area contributed by atoms with Crippen molar-refractivity contribution in [3.63, 3.8) is 0 Å². The van der Waals surface area contributed by atoms with E-state index in [1.807, 2.05) is 27.7 Å². The van der Waals surface area contributed by atoms with Crippen molar-refractivity contribution in [2.45, 2.75) is 38.8 Å². The Morgan fingerprint density at radius 2 is 1.71 bits per heavy atom. The van der Waals surface area contributed by atoms with E-state index in [9.17, 15) is 10.4 Å².